The lowest BCUT2D eigenvalue weighted by Gasteiger charge is -2.19. The van der Waals surface area contributed by atoms with E-state index in [1.54, 1.807) is 0 Å². The molecule has 82 valence electrons. The second kappa shape index (κ2) is 4.75. The molecule has 0 amide bonds. The molecule has 1 aliphatic carbocycles. The van der Waals surface area contributed by atoms with Crippen molar-refractivity contribution in [3.05, 3.63) is 0 Å². The number of rotatable bonds is 4. The second-order valence-electron chi connectivity index (χ2n) is 4.43. The summed E-state index contributed by atoms with van der Waals surface area (Å²) in [6, 6.07) is -0.930. The fourth-order valence-corrected chi connectivity index (χ4v) is 2.15. The van der Waals surface area contributed by atoms with Gasteiger partial charge in [0.15, 0.2) is 0 Å². The van der Waals surface area contributed by atoms with E-state index in [1.165, 1.54) is 0 Å². The van der Waals surface area contributed by atoms with Crippen molar-refractivity contribution in [2.45, 2.75) is 44.8 Å². The molecule has 1 rings (SSSR count). The van der Waals surface area contributed by atoms with Gasteiger partial charge in [-0.05, 0) is 31.1 Å². The predicted molar refractivity (Wildman–Crippen MR) is 52.7 cm³/mol. The van der Waals surface area contributed by atoms with Crippen LogP contribution in [0, 0.1) is 11.8 Å². The van der Waals surface area contributed by atoms with Gasteiger partial charge in [0.1, 0.15) is 6.04 Å². The molecule has 4 atom stereocenters. The molecule has 0 aromatic carbocycles. The molecule has 0 radical (unpaired) electrons. The number of nitrogens with two attached hydrogens (primary N) is 1. The number of aliphatic carboxylic acids is 1. The van der Waals surface area contributed by atoms with Gasteiger partial charge >= 0.3 is 5.97 Å². The van der Waals surface area contributed by atoms with Crippen LogP contribution in [-0.2, 0) is 4.79 Å². The van der Waals surface area contributed by atoms with Crippen molar-refractivity contribution < 1.29 is 15.0 Å². The molecular weight excluding hydrogens is 182 g/mol. The van der Waals surface area contributed by atoms with E-state index in [1.807, 2.05) is 0 Å². The maximum atomic E-state index is 10.5. The lowest BCUT2D eigenvalue weighted by Crippen LogP contribution is -2.36. The van der Waals surface area contributed by atoms with Gasteiger partial charge in [0.2, 0.25) is 0 Å². The van der Waals surface area contributed by atoms with Gasteiger partial charge in [-0.1, -0.05) is 13.3 Å². The van der Waals surface area contributed by atoms with E-state index in [0.29, 0.717) is 5.92 Å². The molecule has 0 heterocycles. The van der Waals surface area contributed by atoms with Gasteiger partial charge in [0.25, 0.3) is 0 Å². The third kappa shape index (κ3) is 2.96. The maximum absolute atomic E-state index is 10.5. The normalized spacial score (nSPS) is 31.4. The highest BCUT2D eigenvalue weighted by atomic mass is 16.4. The number of carboxylic acids is 1. The first-order valence-corrected chi connectivity index (χ1v) is 5.17. The van der Waals surface area contributed by atoms with Gasteiger partial charge in [0, 0.05) is 0 Å². The predicted octanol–water partition coefficient (Wildman–Crippen LogP) is 0.585. The number of aliphatic hydroxyl groups is 1. The molecule has 0 bridgehead atoms. The van der Waals surface area contributed by atoms with Crippen molar-refractivity contribution in [3.63, 3.8) is 0 Å². The highest BCUT2D eigenvalue weighted by molar-refractivity contribution is 5.73. The first-order chi connectivity index (χ1) is 6.50. The van der Waals surface area contributed by atoms with Crippen LogP contribution in [0.15, 0.2) is 0 Å². The van der Waals surface area contributed by atoms with Crippen LogP contribution in [-0.4, -0.2) is 28.3 Å². The molecule has 4 nitrogen and oxygen atoms in total. The number of hydrogen-bond donors (Lipinski definition) is 3. The molecular formula is C10H19NO3. The van der Waals surface area contributed by atoms with Crippen molar-refractivity contribution in [1.82, 2.24) is 0 Å². The van der Waals surface area contributed by atoms with Crippen LogP contribution in [0.3, 0.4) is 0 Å². The van der Waals surface area contributed by atoms with Crippen molar-refractivity contribution >= 4 is 5.97 Å². The highest BCUT2D eigenvalue weighted by Crippen LogP contribution is 2.33. The Morgan fingerprint density at radius 3 is 2.64 bits per heavy atom. The maximum Gasteiger partial charge on any atom is 0.320 e. The van der Waals surface area contributed by atoms with Crippen molar-refractivity contribution in [2.24, 2.45) is 17.6 Å². The fraction of sp³-hybridized carbons (Fsp3) is 0.900. The summed E-state index contributed by atoms with van der Waals surface area (Å²) < 4.78 is 0. The average molecular weight is 201 g/mol. The molecule has 4 N–H and O–H groups in total. The Bertz CT molecular complexity index is 208. The Morgan fingerprint density at radius 1 is 1.57 bits per heavy atom. The first kappa shape index (κ1) is 11.5. The Hall–Kier alpha value is -0.610. The molecule has 14 heavy (non-hydrogen) atoms. The summed E-state index contributed by atoms with van der Waals surface area (Å²) in [5, 5.41) is 18.3. The summed E-state index contributed by atoms with van der Waals surface area (Å²) in [5.41, 5.74) is 5.36. The van der Waals surface area contributed by atoms with Crippen LogP contribution in [0.4, 0.5) is 0 Å². The number of hydrogen-bond acceptors (Lipinski definition) is 3. The van der Waals surface area contributed by atoms with E-state index in [0.717, 1.165) is 19.3 Å². The van der Waals surface area contributed by atoms with Crippen LogP contribution in [0.2, 0.25) is 0 Å². The summed E-state index contributed by atoms with van der Waals surface area (Å²) in [7, 11) is 0. The van der Waals surface area contributed by atoms with Gasteiger partial charge in [-0.15, -0.1) is 0 Å². The van der Waals surface area contributed by atoms with E-state index in [4.69, 9.17) is 10.8 Å². The zero-order valence-electron chi connectivity index (χ0n) is 8.52. The van der Waals surface area contributed by atoms with Gasteiger partial charge < -0.3 is 15.9 Å². The van der Waals surface area contributed by atoms with Crippen LogP contribution in [0.25, 0.3) is 0 Å². The van der Waals surface area contributed by atoms with E-state index in [-0.39, 0.29) is 12.3 Å². The van der Waals surface area contributed by atoms with Crippen LogP contribution in [0.1, 0.15) is 32.6 Å². The van der Waals surface area contributed by atoms with E-state index < -0.39 is 18.1 Å². The number of carboxylic acid groups (broad SMARTS) is 1. The average Bonchev–Trinajstić information content (AvgIpc) is 2.51. The molecule has 4 unspecified atom stereocenters. The highest BCUT2D eigenvalue weighted by Gasteiger charge is 2.29. The zero-order valence-corrected chi connectivity index (χ0v) is 8.52. The van der Waals surface area contributed by atoms with Crippen LogP contribution in [0.5, 0.6) is 0 Å². The summed E-state index contributed by atoms with van der Waals surface area (Å²) in [4.78, 5) is 10.5. The Kier molecular flexibility index (Phi) is 3.89. The van der Waals surface area contributed by atoms with E-state index in [9.17, 15) is 9.90 Å². The topological polar surface area (TPSA) is 83.5 Å². The SMILES string of the molecule is CC1CCC(C(O)CC(N)C(=O)O)C1. The molecule has 1 saturated carbocycles. The smallest absolute Gasteiger partial charge is 0.320 e. The first-order valence-electron chi connectivity index (χ1n) is 5.17. The summed E-state index contributed by atoms with van der Waals surface area (Å²) in [5.74, 6) is -0.138. The molecule has 0 saturated heterocycles. The summed E-state index contributed by atoms with van der Waals surface area (Å²) in [6.45, 7) is 2.16. The molecule has 4 heteroatoms. The minimum Gasteiger partial charge on any atom is -0.480 e. The standard InChI is InChI=1S/C10H19NO3/c1-6-2-3-7(4-6)9(12)5-8(11)10(13)14/h6-9,12H,2-5,11H2,1H3,(H,13,14). The summed E-state index contributed by atoms with van der Waals surface area (Å²) >= 11 is 0. The van der Waals surface area contributed by atoms with E-state index >= 15 is 0 Å². The molecule has 1 aliphatic rings. The van der Waals surface area contributed by atoms with Gasteiger partial charge in [-0.25, -0.2) is 0 Å². The van der Waals surface area contributed by atoms with Crippen molar-refractivity contribution in [2.75, 3.05) is 0 Å². The third-order valence-corrected chi connectivity index (χ3v) is 3.09. The monoisotopic (exact) mass is 201 g/mol. The quantitative estimate of drug-likeness (QED) is 0.621. The van der Waals surface area contributed by atoms with Gasteiger partial charge in [-0.3, -0.25) is 4.79 Å². The number of aliphatic hydroxyl groups excluding tert-OH is 1. The Labute approximate surface area is 84.1 Å². The molecule has 0 aromatic heterocycles. The molecule has 1 fully saturated rings. The third-order valence-electron chi connectivity index (χ3n) is 3.09. The zero-order chi connectivity index (χ0) is 10.7. The summed E-state index contributed by atoms with van der Waals surface area (Å²) in [6.07, 6.45) is 2.74. The van der Waals surface area contributed by atoms with Crippen molar-refractivity contribution in [3.8, 4) is 0 Å². The largest absolute Gasteiger partial charge is 0.480 e. The Morgan fingerprint density at radius 2 is 2.21 bits per heavy atom. The van der Waals surface area contributed by atoms with E-state index in [2.05, 4.69) is 6.92 Å². The molecule has 0 aromatic rings. The van der Waals surface area contributed by atoms with Crippen LogP contribution < -0.4 is 5.73 Å². The number of carbonyl (C=O) groups is 1. The van der Waals surface area contributed by atoms with Crippen molar-refractivity contribution in [1.29, 1.82) is 0 Å². The van der Waals surface area contributed by atoms with Gasteiger partial charge in [-0.2, -0.15) is 0 Å². The van der Waals surface area contributed by atoms with Crippen LogP contribution >= 0.6 is 0 Å². The fourth-order valence-electron chi connectivity index (χ4n) is 2.15. The lowest BCUT2D eigenvalue weighted by molar-refractivity contribution is -0.139. The molecule has 0 spiro atoms. The molecule has 0 aliphatic heterocycles. The second-order valence-corrected chi connectivity index (χ2v) is 4.43. The minimum absolute atomic E-state index is 0.173. The lowest BCUT2D eigenvalue weighted by atomic mass is 9.94. The van der Waals surface area contributed by atoms with Gasteiger partial charge in [0.05, 0.1) is 6.10 Å². The minimum atomic E-state index is -1.03. The Balaban J connectivity index is 2.34.